The van der Waals surface area contributed by atoms with Crippen LogP contribution in [0.2, 0.25) is 0 Å². The van der Waals surface area contributed by atoms with Gasteiger partial charge in [0.25, 0.3) is 0 Å². The summed E-state index contributed by atoms with van der Waals surface area (Å²) in [4.78, 5) is 23.6. The van der Waals surface area contributed by atoms with Crippen LogP contribution in [0.4, 0.5) is 4.79 Å². The fourth-order valence-corrected chi connectivity index (χ4v) is 4.92. The van der Waals surface area contributed by atoms with E-state index in [1.54, 1.807) is 20.8 Å². The van der Waals surface area contributed by atoms with Crippen LogP contribution in [0.25, 0.3) is 44.2 Å². The number of furan rings is 1. The molecule has 0 saturated carbocycles. The third-order valence-corrected chi connectivity index (χ3v) is 6.81. The van der Waals surface area contributed by atoms with Crippen molar-refractivity contribution < 1.29 is 23.8 Å². The van der Waals surface area contributed by atoms with E-state index in [0.717, 1.165) is 49.8 Å². The summed E-state index contributed by atoms with van der Waals surface area (Å²) in [5.74, 6) is -1.07. The molecule has 1 aromatic heterocycles. The van der Waals surface area contributed by atoms with E-state index >= 15 is 0 Å². The first-order valence-corrected chi connectivity index (χ1v) is 13.5. The van der Waals surface area contributed by atoms with E-state index in [1.165, 1.54) is 0 Å². The molecule has 1 amide bonds. The van der Waals surface area contributed by atoms with Gasteiger partial charge in [0.1, 0.15) is 22.8 Å². The van der Waals surface area contributed by atoms with Crippen LogP contribution in [0.1, 0.15) is 39.2 Å². The first kappa shape index (κ1) is 27.0. The number of ether oxygens (including phenoxy) is 1. The van der Waals surface area contributed by atoms with E-state index in [2.05, 4.69) is 78.1 Å². The first-order chi connectivity index (χ1) is 19.2. The van der Waals surface area contributed by atoms with Crippen molar-refractivity contribution in [1.82, 2.24) is 5.32 Å². The molecule has 0 saturated heterocycles. The van der Waals surface area contributed by atoms with Gasteiger partial charge in [-0.25, -0.2) is 9.59 Å². The summed E-state index contributed by atoms with van der Waals surface area (Å²) in [6, 6.07) is 30.1. The zero-order valence-electron chi connectivity index (χ0n) is 22.9. The highest BCUT2D eigenvalue weighted by Crippen LogP contribution is 2.36. The van der Waals surface area contributed by atoms with Gasteiger partial charge in [-0.15, -0.1) is 0 Å². The normalized spacial score (nSPS) is 12.4. The highest BCUT2D eigenvalue weighted by molar-refractivity contribution is 6.09. The molecule has 1 unspecified atom stereocenters. The van der Waals surface area contributed by atoms with E-state index in [0.29, 0.717) is 19.3 Å². The highest BCUT2D eigenvalue weighted by Gasteiger charge is 2.23. The van der Waals surface area contributed by atoms with Crippen molar-refractivity contribution in [1.29, 1.82) is 0 Å². The number of carbonyl (C=O) groups excluding carboxylic acids is 1. The molecule has 0 spiro atoms. The third-order valence-electron chi connectivity index (χ3n) is 6.81. The summed E-state index contributed by atoms with van der Waals surface area (Å²) in [6.07, 6.45) is 0.909. The van der Waals surface area contributed by atoms with Gasteiger partial charge in [-0.05, 0) is 74.4 Å². The van der Waals surface area contributed by atoms with E-state index < -0.39 is 23.7 Å². The summed E-state index contributed by atoms with van der Waals surface area (Å²) in [5.41, 5.74) is 6.53. The monoisotopic (exact) mass is 535 g/mol. The van der Waals surface area contributed by atoms with Gasteiger partial charge in [-0.3, -0.25) is 0 Å². The Bertz CT molecular complexity index is 1660. The Balaban J connectivity index is 1.27. The van der Waals surface area contributed by atoms with Gasteiger partial charge in [0, 0.05) is 16.3 Å². The number of amides is 1. The molecule has 6 nitrogen and oxygen atoms in total. The molecule has 0 aliphatic rings. The number of aryl methyl sites for hydroxylation is 1. The molecular formula is C34H33NO5. The molecule has 1 atom stereocenters. The minimum absolute atomic E-state index is 0.311. The zero-order valence-corrected chi connectivity index (χ0v) is 22.9. The Hall–Kier alpha value is -4.58. The maximum atomic E-state index is 12.0. The van der Waals surface area contributed by atoms with Crippen molar-refractivity contribution in [3.05, 3.63) is 96.6 Å². The first-order valence-electron chi connectivity index (χ1n) is 13.5. The molecular weight excluding hydrogens is 502 g/mol. The molecule has 6 heteroatoms. The average Bonchev–Trinajstić information content (AvgIpc) is 3.31. The lowest BCUT2D eigenvalue weighted by Gasteiger charge is -2.22. The molecule has 5 rings (SSSR count). The molecule has 40 heavy (non-hydrogen) atoms. The second kappa shape index (κ2) is 11.3. The molecule has 2 N–H and O–H groups in total. The van der Waals surface area contributed by atoms with Crippen molar-refractivity contribution in [3.63, 3.8) is 0 Å². The number of carboxylic acid groups (broad SMARTS) is 1. The van der Waals surface area contributed by atoms with Crippen LogP contribution < -0.4 is 5.32 Å². The van der Waals surface area contributed by atoms with Gasteiger partial charge < -0.3 is 19.6 Å². The quantitative estimate of drug-likeness (QED) is 0.209. The van der Waals surface area contributed by atoms with E-state index in [1.807, 2.05) is 18.2 Å². The lowest BCUT2D eigenvalue weighted by Crippen LogP contribution is -2.43. The van der Waals surface area contributed by atoms with Gasteiger partial charge in [-0.1, -0.05) is 78.9 Å². The maximum absolute atomic E-state index is 12.0. The number of hydrogen-bond acceptors (Lipinski definition) is 4. The largest absolute Gasteiger partial charge is 0.480 e. The number of carboxylic acids is 1. The topological polar surface area (TPSA) is 88.8 Å². The van der Waals surface area contributed by atoms with Crippen LogP contribution in [-0.4, -0.2) is 28.8 Å². The Morgan fingerprint density at radius 2 is 1.55 bits per heavy atom. The molecule has 204 valence electrons. The van der Waals surface area contributed by atoms with Crippen molar-refractivity contribution in [2.75, 3.05) is 0 Å². The van der Waals surface area contributed by atoms with Crippen LogP contribution in [0.5, 0.6) is 0 Å². The minimum Gasteiger partial charge on any atom is -0.480 e. The SMILES string of the molecule is CC(C)(C)OC(=O)NC(CCCc1ccc(-c2cccc(-c3cccc4c3oc3ccccc34)c2)cc1)C(=O)O. The predicted molar refractivity (Wildman–Crippen MR) is 158 cm³/mol. The molecule has 0 aliphatic carbocycles. The number of fused-ring (bicyclic) bond motifs is 3. The molecule has 0 radical (unpaired) electrons. The molecule has 5 aromatic rings. The Morgan fingerprint density at radius 1 is 0.850 bits per heavy atom. The van der Waals surface area contributed by atoms with Crippen molar-refractivity contribution >= 4 is 34.0 Å². The second-order valence-electron chi connectivity index (χ2n) is 11.0. The van der Waals surface area contributed by atoms with Crippen LogP contribution in [0.15, 0.2) is 95.4 Å². The number of para-hydroxylation sites is 2. The summed E-state index contributed by atoms with van der Waals surface area (Å²) < 4.78 is 11.4. The minimum atomic E-state index is -1.07. The summed E-state index contributed by atoms with van der Waals surface area (Å²) in [5, 5.41) is 14.2. The standard InChI is InChI=1S/C34H33NO5/c1-34(2,3)40-33(38)35-29(32(36)37)15-6-9-22-17-19-23(20-18-22)24-10-7-11-25(21-24)26-13-8-14-28-27-12-4-5-16-30(27)39-31(26)28/h4-5,7-8,10-14,16-21,29H,6,9,15H2,1-3H3,(H,35,38)(H,36,37). The number of carbonyl (C=O) groups is 2. The van der Waals surface area contributed by atoms with Gasteiger partial charge >= 0.3 is 12.1 Å². The number of benzene rings is 4. The van der Waals surface area contributed by atoms with E-state index in [-0.39, 0.29) is 0 Å². The van der Waals surface area contributed by atoms with Gasteiger partial charge in [-0.2, -0.15) is 0 Å². The van der Waals surface area contributed by atoms with Crippen LogP contribution in [-0.2, 0) is 16.0 Å². The van der Waals surface area contributed by atoms with Crippen LogP contribution in [0, 0.1) is 0 Å². The van der Waals surface area contributed by atoms with Crippen molar-refractivity contribution in [2.24, 2.45) is 0 Å². The van der Waals surface area contributed by atoms with Gasteiger partial charge in [0.05, 0.1) is 0 Å². The van der Waals surface area contributed by atoms with Crippen LogP contribution in [0.3, 0.4) is 0 Å². The fraction of sp³-hybridized carbons (Fsp3) is 0.235. The maximum Gasteiger partial charge on any atom is 0.408 e. The lowest BCUT2D eigenvalue weighted by atomic mass is 9.96. The van der Waals surface area contributed by atoms with Crippen molar-refractivity contribution in [2.45, 2.75) is 51.7 Å². The van der Waals surface area contributed by atoms with Gasteiger partial charge in [0.2, 0.25) is 0 Å². The highest BCUT2D eigenvalue weighted by atomic mass is 16.6. The third kappa shape index (κ3) is 6.18. The Labute approximate surface area is 233 Å². The number of rotatable bonds is 8. The fourth-order valence-electron chi connectivity index (χ4n) is 4.92. The lowest BCUT2D eigenvalue weighted by molar-refractivity contribution is -0.139. The Kier molecular flexibility index (Phi) is 7.60. The van der Waals surface area contributed by atoms with Gasteiger partial charge in [0.15, 0.2) is 0 Å². The van der Waals surface area contributed by atoms with Crippen molar-refractivity contribution in [3.8, 4) is 22.3 Å². The van der Waals surface area contributed by atoms with E-state index in [4.69, 9.17) is 9.15 Å². The molecule has 0 fully saturated rings. The number of alkyl carbamates (subject to hydrolysis) is 1. The number of nitrogens with one attached hydrogen (secondary N) is 1. The Morgan fingerprint density at radius 3 is 2.30 bits per heavy atom. The summed E-state index contributed by atoms with van der Waals surface area (Å²) >= 11 is 0. The second-order valence-corrected chi connectivity index (χ2v) is 11.0. The molecule has 1 heterocycles. The average molecular weight is 536 g/mol. The number of hydrogen-bond donors (Lipinski definition) is 2. The molecule has 4 aromatic carbocycles. The smallest absolute Gasteiger partial charge is 0.408 e. The van der Waals surface area contributed by atoms with E-state index in [9.17, 15) is 14.7 Å². The molecule has 0 bridgehead atoms. The predicted octanol–water partition coefficient (Wildman–Crippen LogP) is 8.22. The molecule has 0 aliphatic heterocycles. The number of aliphatic carboxylic acids is 1. The van der Waals surface area contributed by atoms with Crippen LogP contribution >= 0.6 is 0 Å². The zero-order chi connectivity index (χ0) is 28.3. The summed E-state index contributed by atoms with van der Waals surface area (Å²) in [6.45, 7) is 5.22. The summed E-state index contributed by atoms with van der Waals surface area (Å²) in [7, 11) is 0.